The third kappa shape index (κ3) is 3.34. The van der Waals surface area contributed by atoms with Crippen LogP contribution in [0.5, 0.6) is 0 Å². The summed E-state index contributed by atoms with van der Waals surface area (Å²) < 4.78 is 11.6. The average Bonchev–Trinajstić information content (AvgIpc) is 3.10. The number of amides is 2. The van der Waals surface area contributed by atoms with Crippen LogP contribution in [0.1, 0.15) is 26.5 Å². The number of aromatic nitrogens is 1. The Morgan fingerprint density at radius 3 is 2.70 bits per heavy atom. The summed E-state index contributed by atoms with van der Waals surface area (Å²) in [4.78, 5) is 12.1. The fourth-order valence-corrected chi connectivity index (χ4v) is 2.68. The number of hydrogen-bond donors (Lipinski definition) is 2. The standard InChI is InChI=1S/C16H16IN3O3/c1-16(2,3)12-8-13(23-20-12)19-15(21)18-11-5-4-10(17)9-6-7-22-14(9)11/h4-8H,1-3H3,(H2,18,19,21). The van der Waals surface area contributed by atoms with E-state index in [1.54, 1.807) is 18.4 Å². The van der Waals surface area contributed by atoms with Crippen molar-refractivity contribution in [3.63, 3.8) is 0 Å². The van der Waals surface area contributed by atoms with Gasteiger partial charge in [0.1, 0.15) is 0 Å². The number of hydrogen-bond acceptors (Lipinski definition) is 4. The second kappa shape index (κ2) is 5.88. The molecule has 7 heteroatoms. The number of carbonyl (C=O) groups is 1. The molecule has 3 rings (SSSR count). The highest BCUT2D eigenvalue weighted by Gasteiger charge is 2.20. The molecule has 0 aliphatic carbocycles. The molecule has 0 bridgehead atoms. The molecule has 6 nitrogen and oxygen atoms in total. The Balaban J connectivity index is 1.75. The SMILES string of the molecule is CC(C)(C)c1cc(NC(=O)Nc2ccc(I)c3ccoc23)on1. The number of benzene rings is 1. The van der Waals surface area contributed by atoms with Gasteiger partial charge in [0, 0.05) is 20.4 Å². The molecule has 0 atom stereocenters. The van der Waals surface area contributed by atoms with Crippen molar-refractivity contribution in [3.05, 3.63) is 39.8 Å². The first-order valence-corrected chi connectivity index (χ1v) is 8.13. The number of fused-ring (bicyclic) bond motifs is 1. The van der Waals surface area contributed by atoms with Crippen LogP contribution in [0.4, 0.5) is 16.4 Å². The minimum absolute atomic E-state index is 0.143. The van der Waals surface area contributed by atoms with Gasteiger partial charge in [-0.2, -0.15) is 0 Å². The minimum atomic E-state index is -0.416. The fourth-order valence-electron chi connectivity index (χ4n) is 2.08. The number of furan rings is 1. The first-order valence-electron chi connectivity index (χ1n) is 7.05. The first kappa shape index (κ1) is 15.9. The van der Waals surface area contributed by atoms with Gasteiger partial charge < -0.3 is 14.3 Å². The number of nitrogens with one attached hydrogen (secondary N) is 2. The summed E-state index contributed by atoms with van der Waals surface area (Å²) in [5.41, 5.74) is 1.87. The van der Waals surface area contributed by atoms with Crippen LogP contribution < -0.4 is 10.6 Å². The molecule has 23 heavy (non-hydrogen) atoms. The molecule has 0 radical (unpaired) electrons. The van der Waals surface area contributed by atoms with Gasteiger partial charge >= 0.3 is 6.03 Å². The lowest BCUT2D eigenvalue weighted by atomic mass is 9.92. The van der Waals surface area contributed by atoms with Gasteiger partial charge in [-0.15, -0.1) is 0 Å². The Bertz CT molecular complexity index is 861. The lowest BCUT2D eigenvalue weighted by Gasteiger charge is -2.12. The van der Waals surface area contributed by atoms with Crippen LogP contribution in [-0.2, 0) is 5.41 Å². The van der Waals surface area contributed by atoms with Gasteiger partial charge in [-0.25, -0.2) is 4.79 Å². The molecular formula is C16H16IN3O3. The number of nitrogens with zero attached hydrogens (tertiary/aromatic N) is 1. The Morgan fingerprint density at radius 2 is 2.00 bits per heavy atom. The maximum absolute atomic E-state index is 12.1. The summed E-state index contributed by atoms with van der Waals surface area (Å²) >= 11 is 2.22. The molecule has 120 valence electrons. The summed E-state index contributed by atoms with van der Waals surface area (Å²) in [5, 5.41) is 10.3. The molecule has 3 aromatic rings. The van der Waals surface area contributed by atoms with E-state index in [1.807, 2.05) is 32.9 Å². The van der Waals surface area contributed by atoms with E-state index in [0.717, 1.165) is 14.7 Å². The Kier molecular flexibility index (Phi) is 4.05. The van der Waals surface area contributed by atoms with Crippen LogP contribution in [0, 0.1) is 3.57 Å². The number of anilines is 2. The van der Waals surface area contributed by atoms with E-state index < -0.39 is 6.03 Å². The zero-order valence-electron chi connectivity index (χ0n) is 12.9. The second-order valence-electron chi connectivity index (χ2n) is 6.16. The Labute approximate surface area is 146 Å². The number of halogens is 1. The summed E-state index contributed by atoms with van der Waals surface area (Å²) in [6, 6.07) is 6.89. The number of urea groups is 1. The highest BCUT2D eigenvalue weighted by molar-refractivity contribution is 14.1. The average molecular weight is 425 g/mol. The third-order valence-electron chi connectivity index (χ3n) is 3.33. The van der Waals surface area contributed by atoms with Crippen LogP contribution in [0.15, 0.2) is 39.5 Å². The third-order valence-corrected chi connectivity index (χ3v) is 4.27. The second-order valence-corrected chi connectivity index (χ2v) is 7.33. The van der Waals surface area contributed by atoms with Gasteiger partial charge in [-0.05, 0) is 40.8 Å². The molecule has 0 saturated heterocycles. The molecule has 2 amide bonds. The smallest absolute Gasteiger partial charge is 0.326 e. The van der Waals surface area contributed by atoms with Crippen molar-refractivity contribution < 1.29 is 13.7 Å². The van der Waals surface area contributed by atoms with Crippen molar-refractivity contribution in [1.82, 2.24) is 5.16 Å². The molecule has 2 aromatic heterocycles. The summed E-state index contributed by atoms with van der Waals surface area (Å²) in [6.07, 6.45) is 1.60. The van der Waals surface area contributed by atoms with E-state index in [2.05, 4.69) is 38.4 Å². The van der Waals surface area contributed by atoms with Crippen LogP contribution >= 0.6 is 22.6 Å². The van der Waals surface area contributed by atoms with Crippen LogP contribution in [0.3, 0.4) is 0 Å². The topological polar surface area (TPSA) is 80.3 Å². The molecule has 0 saturated carbocycles. The van der Waals surface area contributed by atoms with Crippen LogP contribution in [-0.4, -0.2) is 11.2 Å². The molecule has 2 N–H and O–H groups in total. The van der Waals surface area contributed by atoms with Gasteiger partial charge in [0.15, 0.2) is 5.58 Å². The summed E-state index contributed by atoms with van der Waals surface area (Å²) in [6.45, 7) is 6.07. The van der Waals surface area contributed by atoms with Crippen molar-refractivity contribution in [2.75, 3.05) is 10.6 Å². The quantitative estimate of drug-likeness (QED) is 0.569. The molecule has 2 heterocycles. The molecular weight excluding hydrogens is 409 g/mol. The Hall–Kier alpha value is -2.03. The number of rotatable bonds is 2. The predicted octanol–water partition coefficient (Wildman–Crippen LogP) is 4.97. The lowest BCUT2D eigenvalue weighted by Crippen LogP contribution is -2.19. The van der Waals surface area contributed by atoms with Gasteiger partial charge in [-0.1, -0.05) is 25.9 Å². The largest absolute Gasteiger partial charge is 0.462 e. The van der Waals surface area contributed by atoms with E-state index in [1.165, 1.54) is 0 Å². The predicted molar refractivity (Wildman–Crippen MR) is 96.8 cm³/mol. The molecule has 0 aliphatic heterocycles. The number of carbonyl (C=O) groups excluding carboxylic acids is 1. The van der Waals surface area contributed by atoms with Gasteiger partial charge in [-0.3, -0.25) is 5.32 Å². The zero-order valence-corrected chi connectivity index (χ0v) is 15.1. The van der Waals surface area contributed by atoms with E-state index >= 15 is 0 Å². The lowest BCUT2D eigenvalue weighted by molar-refractivity contribution is 0.261. The molecule has 0 aliphatic rings. The van der Waals surface area contributed by atoms with Gasteiger partial charge in [0.05, 0.1) is 17.6 Å². The van der Waals surface area contributed by atoms with Crippen molar-refractivity contribution in [2.45, 2.75) is 26.2 Å². The summed E-state index contributed by atoms with van der Waals surface area (Å²) in [7, 11) is 0. The molecule has 0 fully saturated rings. The fraction of sp³-hybridized carbons (Fsp3) is 0.250. The van der Waals surface area contributed by atoms with Gasteiger partial charge in [0.25, 0.3) is 0 Å². The van der Waals surface area contributed by atoms with E-state index in [0.29, 0.717) is 17.2 Å². The maximum atomic E-state index is 12.1. The van der Waals surface area contributed by atoms with Crippen molar-refractivity contribution in [3.8, 4) is 0 Å². The first-order chi connectivity index (χ1) is 10.8. The molecule has 0 spiro atoms. The normalized spacial score (nSPS) is 11.7. The van der Waals surface area contributed by atoms with Crippen LogP contribution in [0.25, 0.3) is 11.0 Å². The highest BCUT2D eigenvalue weighted by atomic mass is 127. The molecule has 0 unspecified atom stereocenters. The highest BCUT2D eigenvalue weighted by Crippen LogP contribution is 2.29. The zero-order chi connectivity index (χ0) is 16.6. The van der Waals surface area contributed by atoms with Gasteiger partial charge in [0.2, 0.25) is 5.88 Å². The van der Waals surface area contributed by atoms with E-state index in [4.69, 9.17) is 8.94 Å². The van der Waals surface area contributed by atoms with Crippen molar-refractivity contribution in [2.24, 2.45) is 0 Å². The van der Waals surface area contributed by atoms with Crippen molar-refractivity contribution >= 4 is 51.2 Å². The Morgan fingerprint density at radius 1 is 1.22 bits per heavy atom. The van der Waals surface area contributed by atoms with Crippen LogP contribution in [0.2, 0.25) is 0 Å². The van der Waals surface area contributed by atoms with E-state index in [9.17, 15) is 4.79 Å². The maximum Gasteiger partial charge on any atom is 0.326 e. The minimum Gasteiger partial charge on any atom is -0.462 e. The monoisotopic (exact) mass is 425 g/mol. The summed E-state index contributed by atoms with van der Waals surface area (Å²) in [5.74, 6) is 0.300. The van der Waals surface area contributed by atoms with Crippen molar-refractivity contribution in [1.29, 1.82) is 0 Å². The van der Waals surface area contributed by atoms with E-state index in [-0.39, 0.29) is 5.41 Å². The molecule has 1 aromatic carbocycles.